The van der Waals surface area contributed by atoms with Crippen molar-refractivity contribution < 1.29 is 23.9 Å². The van der Waals surface area contributed by atoms with E-state index in [2.05, 4.69) is 5.32 Å². The Morgan fingerprint density at radius 2 is 1.77 bits per heavy atom. The SMILES string of the molecule is CCOC(=O)c1c(NC(=O)CC(C)=O)sc(C(=O)c2ccccc2)c1C. The summed E-state index contributed by atoms with van der Waals surface area (Å²) in [6.07, 6.45) is -0.304. The van der Waals surface area contributed by atoms with Crippen LogP contribution < -0.4 is 5.32 Å². The summed E-state index contributed by atoms with van der Waals surface area (Å²) in [5, 5.41) is 2.77. The lowest BCUT2D eigenvalue weighted by Crippen LogP contribution is -2.16. The van der Waals surface area contributed by atoms with Gasteiger partial charge >= 0.3 is 5.97 Å². The molecule has 0 saturated heterocycles. The number of thiophene rings is 1. The lowest BCUT2D eigenvalue weighted by molar-refractivity contribution is -0.124. The van der Waals surface area contributed by atoms with Crippen LogP contribution in [0.15, 0.2) is 30.3 Å². The monoisotopic (exact) mass is 373 g/mol. The molecule has 1 amide bonds. The van der Waals surface area contributed by atoms with Crippen LogP contribution in [-0.4, -0.2) is 30.0 Å². The van der Waals surface area contributed by atoms with Gasteiger partial charge in [0, 0.05) is 5.56 Å². The highest BCUT2D eigenvalue weighted by Crippen LogP contribution is 2.35. The number of esters is 1. The Labute approximate surface area is 155 Å². The molecule has 0 bridgehead atoms. The highest BCUT2D eigenvalue weighted by atomic mass is 32.1. The fraction of sp³-hybridized carbons (Fsp3) is 0.263. The molecule has 7 heteroatoms. The average molecular weight is 373 g/mol. The second kappa shape index (κ2) is 8.53. The van der Waals surface area contributed by atoms with Crippen LogP contribution in [0.2, 0.25) is 0 Å². The Kier molecular flexibility index (Phi) is 6.41. The van der Waals surface area contributed by atoms with Gasteiger partial charge < -0.3 is 10.1 Å². The van der Waals surface area contributed by atoms with E-state index in [0.29, 0.717) is 16.0 Å². The van der Waals surface area contributed by atoms with Gasteiger partial charge in [-0.3, -0.25) is 14.4 Å². The molecule has 0 spiro atoms. The van der Waals surface area contributed by atoms with Gasteiger partial charge in [-0.15, -0.1) is 11.3 Å². The number of ether oxygens (including phenoxy) is 1. The molecule has 26 heavy (non-hydrogen) atoms. The van der Waals surface area contributed by atoms with Crippen LogP contribution in [0.4, 0.5) is 5.00 Å². The van der Waals surface area contributed by atoms with Crippen molar-refractivity contribution in [1.82, 2.24) is 0 Å². The van der Waals surface area contributed by atoms with Crippen molar-refractivity contribution in [3.63, 3.8) is 0 Å². The molecule has 0 saturated carbocycles. The Bertz CT molecular complexity index is 854. The zero-order valence-electron chi connectivity index (χ0n) is 14.8. The van der Waals surface area contributed by atoms with Crippen LogP contribution in [0.5, 0.6) is 0 Å². The predicted molar refractivity (Wildman–Crippen MR) is 98.8 cm³/mol. The fourth-order valence-electron chi connectivity index (χ4n) is 2.38. The van der Waals surface area contributed by atoms with Crippen LogP contribution in [0.1, 0.15) is 51.4 Å². The van der Waals surface area contributed by atoms with Gasteiger partial charge in [0.15, 0.2) is 0 Å². The van der Waals surface area contributed by atoms with Crippen LogP contribution in [0.3, 0.4) is 0 Å². The van der Waals surface area contributed by atoms with Crippen molar-refractivity contribution in [3.05, 3.63) is 51.9 Å². The first-order chi connectivity index (χ1) is 12.3. The summed E-state index contributed by atoms with van der Waals surface area (Å²) in [5.41, 5.74) is 1.07. The minimum absolute atomic E-state index is 0.146. The first kappa shape index (κ1) is 19.5. The van der Waals surface area contributed by atoms with Gasteiger partial charge in [0.05, 0.1) is 23.5 Å². The van der Waals surface area contributed by atoms with E-state index >= 15 is 0 Å². The molecule has 1 aromatic heterocycles. The summed E-state index contributed by atoms with van der Waals surface area (Å²) in [4.78, 5) is 48.5. The summed E-state index contributed by atoms with van der Waals surface area (Å²) in [6.45, 7) is 4.77. The lowest BCUT2D eigenvalue weighted by atomic mass is 10.0. The number of rotatable bonds is 7. The average Bonchev–Trinajstić information content (AvgIpc) is 2.90. The van der Waals surface area contributed by atoms with E-state index in [0.717, 1.165) is 11.3 Å². The highest BCUT2D eigenvalue weighted by molar-refractivity contribution is 7.19. The molecular formula is C19H19NO5S. The van der Waals surface area contributed by atoms with Crippen molar-refractivity contribution in [2.45, 2.75) is 27.2 Å². The van der Waals surface area contributed by atoms with Gasteiger partial charge in [-0.2, -0.15) is 0 Å². The molecule has 136 valence electrons. The van der Waals surface area contributed by atoms with E-state index in [1.54, 1.807) is 44.2 Å². The summed E-state index contributed by atoms with van der Waals surface area (Å²) in [5.74, 6) is -1.70. The zero-order chi connectivity index (χ0) is 19.3. The van der Waals surface area contributed by atoms with Crippen LogP contribution in [0.25, 0.3) is 0 Å². The number of nitrogens with one attached hydrogen (secondary N) is 1. The summed E-state index contributed by atoms with van der Waals surface area (Å²) in [7, 11) is 0. The van der Waals surface area contributed by atoms with Gasteiger partial charge in [-0.1, -0.05) is 30.3 Å². The standard InChI is InChI=1S/C19H19NO5S/c1-4-25-19(24)15-12(3)17(16(23)13-8-6-5-7-9-13)26-18(15)20-14(22)10-11(2)21/h5-9H,4,10H2,1-3H3,(H,20,22). The fourth-order valence-corrected chi connectivity index (χ4v) is 3.56. The van der Waals surface area contributed by atoms with Crippen molar-refractivity contribution in [2.75, 3.05) is 11.9 Å². The van der Waals surface area contributed by atoms with Crippen molar-refractivity contribution in [1.29, 1.82) is 0 Å². The number of carbonyl (C=O) groups excluding carboxylic acids is 4. The summed E-state index contributed by atoms with van der Waals surface area (Å²) in [6, 6.07) is 8.66. The molecule has 0 aliphatic carbocycles. The van der Waals surface area contributed by atoms with Crippen molar-refractivity contribution in [2.24, 2.45) is 0 Å². The molecule has 2 rings (SSSR count). The van der Waals surface area contributed by atoms with E-state index in [1.807, 2.05) is 0 Å². The number of carbonyl (C=O) groups is 4. The van der Waals surface area contributed by atoms with Gasteiger partial charge in [0.2, 0.25) is 11.7 Å². The van der Waals surface area contributed by atoms with Gasteiger partial charge in [-0.25, -0.2) is 4.79 Å². The van der Waals surface area contributed by atoms with Crippen molar-refractivity contribution >= 4 is 39.8 Å². The minimum atomic E-state index is -0.619. The molecule has 0 aliphatic rings. The molecule has 0 aliphatic heterocycles. The number of hydrogen-bond donors (Lipinski definition) is 1. The first-order valence-electron chi connectivity index (χ1n) is 8.04. The summed E-state index contributed by atoms with van der Waals surface area (Å²) >= 11 is 1.01. The maximum absolute atomic E-state index is 12.8. The van der Waals surface area contributed by atoms with E-state index in [4.69, 9.17) is 4.74 Å². The topological polar surface area (TPSA) is 89.5 Å². The van der Waals surface area contributed by atoms with Gasteiger partial charge in [0.25, 0.3) is 0 Å². The first-order valence-corrected chi connectivity index (χ1v) is 8.86. The molecule has 0 fully saturated rings. The third-order valence-corrected chi connectivity index (χ3v) is 4.74. The molecule has 0 atom stereocenters. The van der Waals surface area contributed by atoms with E-state index in [-0.39, 0.29) is 35.2 Å². The Morgan fingerprint density at radius 1 is 1.12 bits per heavy atom. The quantitative estimate of drug-likeness (QED) is 0.456. The molecule has 1 N–H and O–H groups in total. The van der Waals surface area contributed by atoms with E-state index < -0.39 is 11.9 Å². The third kappa shape index (κ3) is 4.43. The van der Waals surface area contributed by atoms with Gasteiger partial charge in [-0.05, 0) is 26.3 Å². The maximum Gasteiger partial charge on any atom is 0.341 e. The summed E-state index contributed by atoms with van der Waals surface area (Å²) < 4.78 is 5.05. The van der Waals surface area contributed by atoms with E-state index in [9.17, 15) is 19.2 Å². The maximum atomic E-state index is 12.8. The second-order valence-corrected chi connectivity index (χ2v) is 6.62. The molecular weight excluding hydrogens is 354 g/mol. The normalized spacial score (nSPS) is 10.3. The number of hydrogen-bond acceptors (Lipinski definition) is 6. The Hall–Kier alpha value is -2.80. The number of amides is 1. The number of benzene rings is 1. The molecule has 0 unspecified atom stereocenters. The largest absolute Gasteiger partial charge is 0.462 e. The Morgan fingerprint density at radius 3 is 2.35 bits per heavy atom. The highest BCUT2D eigenvalue weighted by Gasteiger charge is 2.27. The predicted octanol–water partition coefficient (Wildman–Crippen LogP) is 3.38. The lowest BCUT2D eigenvalue weighted by Gasteiger charge is -2.06. The number of anilines is 1. The molecule has 1 aromatic carbocycles. The molecule has 1 heterocycles. The molecule has 2 aromatic rings. The minimum Gasteiger partial charge on any atom is -0.462 e. The van der Waals surface area contributed by atoms with Crippen LogP contribution in [-0.2, 0) is 14.3 Å². The van der Waals surface area contributed by atoms with Crippen molar-refractivity contribution in [3.8, 4) is 0 Å². The molecule has 6 nitrogen and oxygen atoms in total. The Balaban J connectivity index is 2.46. The smallest absolute Gasteiger partial charge is 0.341 e. The second-order valence-electron chi connectivity index (χ2n) is 5.60. The number of ketones is 2. The zero-order valence-corrected chi connectivity index (χ0v) is 15.6. The van der Waals surface area contributed by atoms with E-state index in [1.165, 1.54) is 6.92 Å². The number of Topliss-reactive ketones (excluding diaryl/α,β-unsaturated/α-hetero) is 1. The molecule has 0 radical (unpaired) electrons. The third-order valence-electron chi connectivity index (χ3n) is 3.53. The van der Waals surface area contributed by atoms with Gasteiger partial charge in [0.1, 0.15) is 10.8 Å². The van der Waals surface area contributed by atoms with Crippen LogP contribution in [0, 0.1) is 6.92 Å². The van der Waals surface area contributed by atoms with Crippen LogP contribution >= 0.6 is 11.3 Å².